The van der Waals surface area contributed by atoms with E-state index in [1.807, 2.05) is 0 Å². The summed E-state index contributed by atoms with van der Waals surface area (Å²) >= 11 is 0. The Morgan fingerprint density at radius 1 is 1.08 bits per heavy atom. The van der Waals surface area contributed by atoms with E-state index >= 15 is 0 Å². The van der Waals surface area contributed by atoms with Crippen molar-refractivity contribution in [3.63, 3.8) is 0 Å². The average Bonchev–Trinajstić information content (AvgIpc) is 2.76. The maximum atomic E-state index is 5.78. The number of hydrogen-bond donors (Lipinski definition) is 0. The minimum absolute atomic E-state index is 0.866. The van der Waals surface area contributed by atoms with E-state index in [9.17, 15) is 0 Å². The fraction of sp³-hybridized carbons (Fsp3) is 0.200. The van der Waals surface area contributed by atoms with Crippen LogP contribution in [0.5, 0.6) is 0 Å². The van der Waals surface area contributed by atoms with E-state index < -0.39 is 9.04 Å². The Kier molecular flexibility index (Phi) is 2.78. The van der Waals surface area contributed by atoms with Gasteiger partial charge in [0.1, 0.15) is 10.5 Å². The molecule has 0 spiro atoms. The molecule has 0 saturated carbocycles. The van der Waals surface area contributed by atoms with Gasteiger partial charge in [0, 0.05) is 0 Å². The average molecular weight is 206 g/mol. The van der Waals surface area contributed by atoms with Gasteiger partial charge in [0.25, 0.3) is 0 Å². The summed E-state index contributed by atoms with van der Waals surface area (Å²) in [6.45, 7) is 0. The number of allylic oxidation sites excluding steroid dienone is 8. The normalized spacial score (nSPS) is 20.1. The van der Waals surface area contributed by atoms with Crippen LogP contribution < -0.4 is 0 Å². The zero-order chi connectivity index (χ0) is 9.10. The van der Waals surface area contributed by atoms with Gasteiger partial charge in [-0.05, 0) is 12.8 Å². The van der Waals surface area contributed by atoms with Gasteiger partial charge in [-0.15, -0.1) is 0 Å². The van der Waals surface area contributed by atoms with Crippen molar-refractivity contribution in [3.05, 3.63) is 46.8 Å². The van der Waals surface area contributed by atoms with Crippen LogP contribution >= 0.6 is 0 Å². The maximum absolute atomic E-state index is 5.78. The van der Waals surface area contributed by atoms with Gasteiger partial charge in [0.05, 0.1) is 0 Å². The van der Waals surface area contributed by atoms with E-state index in [2.05, 4.69) is 36.5 Å². The largest absolute Gasteiger partial charge is 0.460 e. The second-order valence-corrected chi connectivity index (χ2v) is 7.49. The molecule has 0 aromatic rings. The summed E-state index contributed by atoms with van der Waals surface area (Å²) in [5.74, 6) is 0. The Balaban J connectivity index is 2.09. The third-order valence-electron chi connectivity index (χ3n) is 2.51. The highest BCUT2D eigenvalue weighted by Crippen LogP contribution is 2.23. The third-order valence-corrected chi connectivity index (χ3v) is 6.60. The molecule has 0 atom stereocenters. The maximum Gasteiger partial charge on any atom is 0.220 e. The van der Waals surface area contributed by atoms with E-state index in [0.29, 0.717) is 0 Å². The molecule has 0 aliphatic heterocycles. The predicted octanol–water partition coefficient (Wildman–Crippen LogP) is 0.858. The molecule has 0 unspecified atom stereocenters. The summed E-state index contributed by atoms with van der Waals surface area (Å²) in [4.78, 5) is 0. The van der Waals surface area contributed by atoms with E-state index in [1.165, 1.54) is 0 Å². The van der Waals surface area contributed by atoms with Gasteiger partial charge < -0.3 is 4.12 Å². The van der Waals surface area contributed by atoms with Crippen LogP contribution in [0.25, 0.3) is 0 Å². The second-order valence-electron chi connectivity index (χ2n) is 3.36. The van der Waals surface area contributed by atoms with Crippen molar-refractivity contribution >= 4 is 19.5 Å². The molecule has 0 bridgehead atoms. The highest BCUT2D eigenvalue weighted by atomic mass is 28.3. The lowest BCUT2D eigenvalue weighted by Crippen LogP contribution is -2.22. The van der Waals surface area contributed by atoms with E-state index in [0.717, 1.165) is 23.3 Å². The third kappa shape index (κ3) is 1.82. The Labute approximate surface area is 83.8 Å². The number of rotatable bonds is 3. The molecule has 1 nitrogen and oxygen atoms in total. The Hall–Kier alpha value is -0.646. The lowest BCUT2D eigenvalue weighted by atomic mass is 10.5. The van der Waals surface area contributed by atoms with Crippen LogP contribution in [0.1, 0.15) is 12.8 Å². The van der Waals surface area contributed by atoms with Gasteiger partial charge in [0.2, 0.25) is 9.04 Å². The highest BCUT2D eigenvalue weighted by Gasteiger charge is 2.21. The minimum Gasteiger partial charge on any atom is -0.460 e. The van der Waals surface area contributed by atoms with Gasteiger partial charge >= 0.3 is 0 Å². The summed E-state index contributed by atoms with van der Waals surface area (Å²) < 4.78 is 5.78. The van der Waals surface area contributed by atoms with Gasteiger partial charge in [-0.2, -0.15) is 0 Å². The van der Waals surface area contributed by atoms with Crippen LogP contribution in [0.15, 0.2) is 46.8 Å². The molecule has 68 valence electrons. The molecule has 2 aliphatic carbocycles. The topological polar surface area (TPSA) is 9.23 Å². The van der Waals surface area contributed by atoms with Gasteiger partial charge in [-0.3, -0.25) is 0 Å². The molecule has 13 heavy (non-hydrogen) atoms. The van der Waals surface area contributed by atoms with E-state index in [4.69, 9.17) is 4.12 Å². The summed E-state index contributed by atoms with van der Waals surface area (Å²) in [6.07, 6.45) is 15.5. The fourth-order valence-corrected chi connectivity index (χ4v) is 6.03. The highest BCUT2D eigenvalue weighted by molar-refractivity contribution is 6.70. The summed E-state index contributed by atoms with van der Waals surface area (Å²) in [6, 6.07) is 0. The molecule has 0 fully saturated rings. The van der Waals surface area contributed by atoms with Crippen molar-refractivity contribution in [1.29, 1.82) is 0 Å². The fourth-order valence-electron chi connectivity index (χ4n) is 1.86. The molecule has 0 heterocycles. The molecule has 0 saturated heterocycles. The molecule has 0 N–H and O–H groups in total. The lowest BCUT2D eigenvalue weighted by Gasteiger charge is -2.16. The molecule has 2 aliphatic rings. The molecule has 2 rings (SSSR count). The quantitative estimate of drug-likeness (QED) is 0.622. The first-order valence-electron chi connectivity index (χ1n) is 4.66. The Morgan fingerprint density at radius 3 is 1.92 bits per heavy atom. The van der Waals surface area contributed by atoms with Crippen LogP contribution in [0, 0.1) is 0 Å². The van der Waals surface area contributed by atoms with E-state index in [1.54, 1.807) is 10.4 Å². The van der Waals surface area contributed by atoms with Crippen LogP contribution in [0.4, 0.5) is 0 Å². The van der Waals surface area contributed by atoms with Crippen LogP contribution in [-0.2, 0) is 4.12 Å². The summed E-state index contributed by atoms with van der Waals surface area (Å²) in [5.41, 5.74) is 0. The molecule has 0 aromatic carbocycles. The monoisotopic (exact) mass is 206 g/mol. The minimum atomic E-state index is -1.16. The smallest absolute Gasteiger partial charge is 0.220 e. The predicted molar refractivity (Wildman–Crippen MR) is 61.9 cm³/mol. The van der Waals surface area contributed by atoms with Crippen molar-refractivity contribution in [2.75, 3.05) is 0 Å². The van der Waals surface area contributed by atoms with Crippen LogP contribution in [0.2, 0.25) is 0 Å². The molecule has 0 amide bonds. The van der Waals surface area contributed by atoms with Crippen LogP contribution in [-0.4, -0.2) is 19.5 Å². The lowest BCUT2D eigenvalue weighted by molar-refractivity contribution is 0.647. The van der Waals surface area contributed by atoms with Crippen molar-refractivity contribution in [2.45, 2.75) is 12.8 Å². The zero-order valence-electron chi connectivity index (χ0n) is 7.86. The molecule has 0 radical (unpaired) electrons. The molecular weight excluding hydrogens is 192 g/mol. The van der Waals surface area contributed by atoms with Crippen molar-refractivity contribution in [2.24, 2.45) is 0 Å². The standard InChI is InChI=1S/C10H14OSi2/c12-11-13(9-5-1-2-6-9)10-7-3-4-8-10/h1-5,7,13H,6,8H2,12H3. The van der Waals surface area contributed by atoms with Crippen LogP contribution in [0.3, 0.4) is 0 Å². The second kappa shape index (κ2) is 4.04. The van der Waals surface area contributed by atoms with Crippen molar-refractivity contribution in [3.8, 4) is 0 Å². The Morgan fingerprint density at radius 2 is 1.62 bits per heavy atom. The first-order valence-corrected chi connectivity index (χ1v) is 7.10. The number of hydrogen-bond acceptors (Lipinski definition) is 1. The molecule has 0 aromatic heterocycles. The SMILES string of the molecule is [SiH3]O[SiH](C1=CC=CC1)C1=CC=CC1. The Bertz CT molecular complexity index is 283. The summed E-state index contributed by atoms with van der Waals surface area (Å²) in [7, 11) is -0.293. The van der Waals surface area contributed by atoms with Gasteiger partial charge in [0.15, 0.2) is 0 Å². The molecular formula is C10H14OSi2. The van der Waals surface area contributed by atoms with Crippen molar-refractivity contribution < 1.29 is 4.12 Å². The molecule has 3 heteroatoms. The summed E-state index contributed by atoms with van der Waals surface area (Å²) in [5, 5.41) is 3.09. The van der Waals surface area contributed by atoms with Crippen molar-refractivity contribution in [1.82, 2.24) is 0 Å². The van der Waals surface area contributed by atoms with Gasteiger partial charge in [-0.1, -0.05) is 46.8 Å². The first kappa shape index (κ1) is 8.93. The van der Waals surface area contributed by atoms with E-state index in [-0.39, 0.29) is 0 Å². The first-order chi connectivity index (χ1) is 6.42. The zero-order valence-corrected chi connectivity index (χ0v) is 11.0. The van der Waals surface area contributed by atoms with Gasteiger partial charge in [-0.25, -0.2) is 0 Å².